The van der Waals surface area contributed by atoms with Crippen molar-refractivity contribution in [3.8, 4) is 0 Å². The van der Waals surface area contributed by atoms with Gasteiger partial charge in [0.2, 0.25) is 0 Å². The molecule has 0 aliphatic heterocycles. The van der Waals surface area contributed by atoms with E-state index in [0.29, 0.717) is 11.1 Å². The lowest BCUT2D eigenvalue weighted by molar-refractivity contribution is -0.145. The minimum Gasteiger partial charge on any atom is -0.461 e. The van der Waals surface area contributed by atoms with Crippen molar-refractivity contribution in [2.24, 2.45) is 5.92 Å². The number of hydrogen-bond acceptors (Lipinski definition) is 5. The monoisotopic (exact) mass is 368 g/mol. The van der Waals surface area contributed by atoms with Crippen LogP contribution in [0, 0.1) is 12.8 Å². The number of nitrogens with zero attached hydrogens (tertiary/aromatic N) is 1. The van der Waals surface area contributed by atoms with Gasteiger partial charge in [-0.05, 0) is 52.5 Å². The van der Waals surface area contributed by atoms with Gasteiger partial charge < -0.3 is 14.8 Å². The molecule has 6 nitrogen and oxygen atoms in total. The summed E-state index contributed by atoms with van der Waals surface area (Å²) in [6.45, 7) is 7.35. The first-order valence-corrected chi connectivity index (χ1v) is 8.79. The second kappa shape index (κ2) is 8.04. The normalized spacial score (nSPS) is 15.4. The first-order valence-electron chi connectivity index (χ1n) is 8.41. The van der Waals surface area contributed by atoms with Crippen LogP contribution < -0.4 is 5.32 Å². The molecule has 1 aromatic heterocycles. The molecule has 1 aliphatic carbocycles. The number of ether oxygens (including phenoxy) is 2. The molecule has 1 N–H and O–H groups in total. The summed E-state index contributed by atoms with van der Waals surface area (Å²) in [6, 6.07) is 3.19. The maximum atomic E-state index is 12.1. The lowest BCUT2D eigenvalue weighted by Gasteiger charge is -2.23. The zero-order valence-electron chi connectivity index (χ0n) is 15.1. The minimum absolute atomic E-state index is 0.129. The molecule has 1 atom stereocenters. The molecule has 1 aromatic rings. The third kappa shape index (κ3) is 6.90. The standard InChI is InChI=1S/C18H25ClN2O4/c1-11-13(7-8-15(19)20-11)10-24-16(22)9-14(12-5-6-12)21-17(23)25-18(2,3)4/h7-8,12,14H,5-6,9-10H2,1-4H3,(H,21,23)/t14-/m0/s1. The van der Waals surface area contributed by atoms with Gasteiger partial charge in [0.25, 0.3) is 0 Å². The summed E-state index contributed by atoms with van der Waals surface area (Å²) in [5.41, 5.74) is 0.962. The van der Waals surface area contributed by atoms with Crippen molar-refractivity contribution < 1.29 is 19.1 Å². The third-order valence-corrected chi connectivity index (χ3v) is 4.04. The van der Waals surface area contributed by atoms with Crippen LogP contribution >= 0.6 is 11.6 Å². The maximum Gasteiger partial charge on any atom is 0.407 e. The number of pyridine rings is 1. The van der Waals surface area contributed by atoms with Crippen LogP contribution in [-0.2, 0) is 20.9 Å². The fourth-order valence-corrected chi connectivity index (χ4v) is 2.59. The highest BCUT2D eigenvalue weighted by molar-refractivity contribution is 6.29. The van der Waals surface area contributed by atoms with E-state index in [1.165, 1.54) is 0 Å². The molecule has 1 amide bonds. The van der Waals surface area contributed by atoms with Gasteiger partial charge in [0, 0.05) is 17.3 Å². The Hall–Kier alpha value is -1.82. The van der Waals surface area contributed by atoms with Crippen molar-refractivity contribution >= 4 is 23.7 Å². The van der Waals surface area contributed by atoms with E-state index in [0.717, 1.165) is 24.1 Å². The average molecular weight is 369 g/mol. The number of rotatable bonds is 6. The van der Waals surface area contributed by atoms with Crippen molar-refractivity contribution in [2.75, 3.05) is 0 Å². The van der Waals surface area contributed by atoms with Crippen molar-refractivity contribution in [2.45, 2.75) is 65.2 Å². The lowest BCUT2D eigenvalue weighted by Crippen LogP contribution is -2.41. The number of halogens is 1. The zero-order valence-corrected chi connectivity index (χ0v) is 15.9. The number of aromatic nitrogens is 1. The molecule has 0 spiro atoms. The Bertz CT molecular complexity index is 638. The second-order valence-corrected chi connectivity index (χ2v) is 7.72. The summed E-state index contributed by atoms with van der Waals surface area (Å²) in [6.07, 6.45) is 1.61. The summed E-state index contributed by atoms with van der Waals surface area (Å²) >= 11 is 5.81. The van der Waals surface area contributed by atoms with Gasteiger partial charge in [-0.3, -0.25) is 4.79 Å². The molecule has 1 aliphatic rings. The van der Waals surface area contributed by atoms with Gasteiger partial charge in [0.1, 0.15) is 17.4 Å². The number of esters is 1. The summed E-state index contributed by atoms with van der Waals surface area (Å²) in [7, 11) is 0. The van der Waals surface area contributed by atoms with Crippen LogP contribution in [0.2, 0.25) is 5.15 Å². The van der Waals surface area contributed by atoms with E-state index in [1.807, 2.05) is 6.92 Å². The zero-order chi connectivity index (χ0) is 18.6. The first-order chi connectivity index (χ1) is 11.6. The molecule has 1 heterocycles. The minimum atomic E-state index is -0.572. The highest BCUT2D eigenvalue weighted by Crippen LogP contribution is 2.34. The topological polar surface area (TPSA) is 77.5 Å². The first kappa shape index (κ1) is 19.5. The van der Waals surface area contributed by atoms with Crippen LogP contribution in [0.5, 0.6) is 0 Å². The molecular weight excluding hydrogens is 344 g/mol. The fourth-order valence-electron chi connectivity index (χ4n) is 2.40. The van der Waals surface area contributed by atoms with Gasteiger partial charge in [-0.15, -0.1) is 0 Å². The number of amides is 1. The van der Waals surface area contributed by atoms with Gasteiger partial charge >= 0.3 is 12.1 Å². The van der Waals surface area contributed by atoms with E-state index < -0.39 is 11.7 Å². The van der Waals surface area contributed by atoms with E-state index in [9.17, 15) is 9.59 Å². The molecule has 7 heteroatoms. The highest BCUT2D eigenvalue weighted by Gasteiger charge is 2.35. The van der Waals surface area contributed by atoms with Gasteiger partial charge in [0.15, 0.2) is 0 Å². The van der Waals surface area contributed by atoms with Gasteiger partial charge in [0.05, 0.1) is 6.42 Å². The Morgan fingerprint density at radius 1 is 1.36 bits per heavy atom. The number of alkyl carbamates (subject to hydrolysis) is 1. The van der Waals surface area contributed by atoms with Crippen LogP contribution in [0.3, 0.4) is 0 Å². The Morgan fingerprint density at radius 3 is 2.60 bits per heavy atom. The Labute approximate surface area is 153 Å². The van der Waals surface area contributed by atoms with Crippen LogP contribution in [0.15, 0.2) is 12.1 Å². The van der Waals surface area contributed by atoms with E-state index in [4.69, 9.17) is 21.1 Å². The molecule has 138 valence electrons. The molecule has 0 radical (unpaired) electrons. The SMILES string of the molecule is Cc1nc(Cl)ccc1COC(=O)C[C@H](NC(=O)OC(C)(C)C)C1CC1. The van der Waals surface area contributed by atoms with Gasteiger partial charge in [-0.25, -0.2) is 9.78 Å². The molecule has 1 saturated carbocycles. The molecule has 0 unspecified atom stereocenters. The third-order valence-electron chi connectivity index (χ3n) is 3.83. The summed E-state index contributed by atoms with van der Waals surface area (Å²) in [4.78, 5) is 28.2. The van der Waals surface area contributed by atoms with Crippen molar-refractivity contribution in [3.05, 3.63) is 28.5 Å². The number of carbonyl (C=O) groups excluding carboxylic acids is 2. The second-order valence-electron chi connectivity index (χ2n) is 7.33. The van der Waals surface area contributed by atoms with Crippen LogP contribution in [0.4, 0.5) is 4.79 Å². The predicted molar refractivity (Wildman–Crippen MR) is 94.3 cm³/mol. The highest BCUT2D eigenvalue weighted by atomic mass is 35.5. The molecule has 1 fully saturated rings. The lowest BCUT2D eigenvalue weighted by atomic mass is 10.1. The van der Waals surface area contributed by atoms with E-state index in [1.54, 1.807) is 32.9 Å². The number of aryl methyl sites for hydroxylation is 1. The van der Waals surface area contributed by atoms with E-state index in [-0.39, 0.29) is 25.0 Å². The summed E-state index contributed by atoms with van der Waals surface area (Å²) < 4.78 is 10.6. The van der Waals surface area contributed by atoms with E-state index in [2.05, 4.69) is 10.3 Å². The number of hydrogen-bond donors (Lipinski definition) is 1. The van der Waals surface area contributed by atoms with Crippen LogP contribution in [0.1, 0.15) is 51.3 Å². The molecule has 0 bridgehead atoms. The molecule has 0 aromatic carbocycles. The Balaban J connectivity index is 1.84. The fraction of sp³-hybridized carbons (Fsp3) is 0.611. The molecule has 25 heavy (non-hydrogen) atoms. The van der Waals surface area contributed by atoms with Crippen molar-refractivity contribution in [1.29, 1.82) is 0 Å². The Kier molecular flexibility index (Phi) is 6.27. The predicted octanol–water partition coefficient (Wildman–Crippen LogP) is 3.78. The number of nitrogens with one attached hydrogen (secondary N) is 1. The largest absolute Gasteiger partial charge is 0.461 e. The van der Waals surface area contributed by atoms with Crippen LogP contribution in [-0.4, -0.2) is 28.7 Å². The maximum absolute atomic E-state index is 12.1. The molecule has 0 saturated heterocycles. The van der Waals surface area contributed by atoms with Gasteiger partial charge in [-0.1, -0.05) is 17.7 Å². The van der Waals surface area contributed by atoms with E-state index >= 15 is 0 Å². The smallest absolute Gasteiger partial charge is 0.407 e. The average Bonchev–Trinajstić information content (AvgIpc) is 3.28. The van der Waals surface area contributed by atoms with Gasteiger partial charge in [-0.2, -0.15) is 0 Å². The summed E-state index contributed by atoms with van der Waals surface area (Å²) in [5.74, 6) is -0.0543. The number of carbonyl (C=O) groups is 2. The summed E-state index contributed by atoms with van der Waals surface area (Å²) in [5, 5.41) is 3.20. The van der Waals surface area contributed by atoms with Crippen molar-refractivity contribution in [1.82, 2.24) is 10.3 Å². The molecule has 2 rings (SSSR count). The van der Waals surface area contributed by atoms with Crippen molar-refractivity contribution in [3.63, 3.8) is 0 Å². The Morgan fingerprint density at radius 2 is 2.04 bits per heavy atom. The molecular formula is C18H25ClN2O4. The quantitative estimate of drug-likeness (QED) is 0.610. The van der Waals surface area contributed by atoms with Crippen LogP contribution in [0.25, 0.3) is 0 Å².